The van der Waals surface area contributed by atoms with Crippen LogP contribution in [0.15, 0.2) is 67.3 Å². The molecule has 1 aliphatic heterocycles. The summed E-state index contributed by atoms with van der Waals surface area (Å²) in [6.07, 6.45) is 0.846. The fourth-order valence-electron chi connectivity index (χ4n) is 3.47. The maximum Gasteiger partial charge on any atom is 0.233 e. The van der Waals surface area contributed by atoms with E-state index in [1.165, 1.54) is 0 Å². The molecule has 1 aromatic heterocycles. The van der Waals surface area contributed by atoms with E-state index >= 15 is 0 Å². The second kappa shape index (κ2) is 10.2. The number of morpholine rings is 1. The standard InChI is InChI=1S/C23H26BrN3O4S/c1-17-3-9-20(10-4-17)32(28,29)23-22(25-11-2-12-27-13-15-30-16-14-27)31-21(26-23)18-5-7-19(24)8-6-18/h3-10,25H,2,11-16H2,1H3. The predicted octanol–water partition coefficient (Wildman–Crippen LogP) is 4.38. The maximum absolute atomic E-state index is 13.4. The summed E-state index contributed by atoms with van der Waals surface area (Å²) in [7, 11) is -3.84. The molecule has 2 aromatic carbocycles. The van der Waals surface area contributed by atoms with Crippen LogP contribution in [0.5, 0.6) is 0 Å². The highest BCUT2D eigenvalue weighted by Gasteiger charge is 2.28. The third-order valence-corrected chi connectivity index (χ3v) is 7.52. The summed E-state index contributed by atoms with van der Waals surface area (Å²) in [6.45, 7) is 6.74. The van der Waals surface area contributed by atoms with Crippen molar-refractivity contribution in [3.05, 3.63) is 58.6 Å². The Hall–Kier alpha value is -2.20. The van der Waals surface area contributed by atoms with E-state index in [4.69, 9.17) is 9.15 Å². The summed E-state index contributed by atoms with van der Waals surface area (Å²) in [5.41, 5.74) is 1.69. The van der Waals surface area contributed by atoms with Gasteiger partial charge < -0.3 is 14.5 Å². The molecule has 32 heavy (non-hydrogen) atoms. The summed E-state index contributed by atoms with van der Waals surface area (Å²) in [4.78, 5) is 6.92. The molecule has 0 unspecified atom stereocenters. The van der Waals surface area contributed by atoms with Gasteiger partial charge in [0.2, 0.25) is 26.6 Å². The van der Waals surface area contributed by atoms with E-state index in [9.17, 15) is 8.42 Å². The number of benzene rings is 2. The van der Waals surface area contributed by atoms with Gasteiger partial charge in [-0.3, -0.25) is 4.90 Å². The first-order valence-electron chi connectivity index (χ1n) is 10.6. The van der Waals surface area contributed by atoms with Crippen molar-refractivity contribution in [2.45, 2.75) is 23.3 Å². The average molecular weight is 520 g/mol. The van der Waals surface area contributed by atoms with Gasteiger partial charge in [-0.25, -0.2) is 8.42 Å². The first-order valence-corrected chi connectivity index (χ1v) is 12.8. The number of ether oxygens (including phenoxy) is 1. The van der Waals surface area contributed by atoms with Crippen molar-refractivity contribution in [3.8, 4) is 11.5 Å². The summed E-state index contributed by atoms with van der Waals surface area (Å²) in [6, 6.07) is 14.1. The first-order chi connectivity index (χ1) is 15.4. The van der Waals surface area contributed by atoms with Crippen LogP contribution in [0.25, 0.3) is 11.5 Å². The van der Waals surface area contributed by atoms with E-state index in [1.54, 1.807) is 24.3 Å². The number of hydrogen-bond donors (Lipinski definition) is 1. The predicted molar refractivity (Wildman–Crippen MR) is 127 cm³/mol. The fourth-order valence-corrected chi connectivity index (χ4v) is 5.02. The highest BCUT2D eigenvalue weighted by molar-refractivity contribution is 9.10. The molecular formula is C23H26BrN3O4S. The number of nitrogens with zero attached hydrogens (tertiary/aromatic N) is 2. The van der Waals surface area contributed by atoms with E-state index in [-0.39, 0.29) is 21.7 Å². The third-order valence-electron chi connectivity index (χ3n) is 5.31. The Balaban J connectivity index is 1.58. The molecule has 0 bridgehead atoms. The van der Waals surface area contributed by atoms with Crippen LogP contribution in [-0.2, 0) is 14.6 Å². The Kier molecular flexibility index (Phi) is 7.30. The Morgan fingerprint density at radius 3 is 2.44 bits per heavy atom. The van der Waals surface area contributed by atoms with Crippen LogP contribution < -0.4 is 5.32 Å². The molecule has 2 heterocycles. The largest absolute Gasteiger partial charge is 0.419 e. The van der Waals surface area contributed by atoms with Crippen molar-refractivity contribution in [2.24, 2.45) is 0 Å². The molecule has 1 N–H and O–H groups in total. The van der Waals surface area contributed by atoms with Gasteiger partial charge in [0.25, 0.3) is 0 Å². The molecule has 7 nitrogen and oxygen atoms in total. The van der Waals surface area contributed by atoms with Crippen molar-refractivity contribution in [1.82, 2.24) is 9.88 Å². The Morgan fingerprint density at radius 1 is 1.06 bits per heavy atom. The highest BCUT2D eigenvalue weighted by atomic mass is 79.9. The third kappa shape index (κ3) is 5.40. The average Bonchev–Trinajstić information content (AvgIpc) is 3.23. The molecular weight excluding hydrogens is 494 g/mol. The number of halogens is 1. The van der Waals surface area contributed by atoms with Crippen molar-refractivity contribution in [3.63, 3.8) is 0 Å². The Labute approximate surface area is 196 Å². The van der Waals surface area contributed by atoms with Crippen LogP contribution in [0.3, 0.4) is 0 Å². The van der Waals surface area contributed by atoms with Crippen LogP contribution in [-0.4, -0.2) is 57.7 Å². The Morgan fingerprint density at radius 2 is 1.75 bits per heavy atom. The number of nitrogens with one attached hydrogen (secondary N) is 1. The second-order valence-electron chi connectivity index (χ2n) is 7.71. The van der Waals surface area contributed by atoms with Gasteiger partial charge in [0, 0.05) is 29.7 Å². The zero-order chi connectivity index (χ0) is 22.6. The van der Waals surface area contributed by atoms with Crippen LogP contribution in [0.1, 0.15) is 12.0 Å². The van der Waals surface area contributed by atoms with E-state index in [0.29, 0.717) is 12.1 Å². The van der Waals surface area contributed by atoms with Crippen molar-refractivity contribution in [1.29, 1.82) is 0 Å². The van der Waals surface area contributed by atoms with Crippen LogP contribution in [0.2, 0.25) is 0 Å². The van der Waals surface area contributed by atoms with E-state index < -0.39 is 9.84 Å². The molecule has 0 amide bonds. The van der Waals surface area contributed by atoms with Gasteiger partial charge in [-0.15, -0.1) is 0 Å². The number of rotatable bonds is 8. The van der Waals surface area contributed by atoms with Gasteiger partial charge in [0.1, 0.15) is 0 Å². The Bertz CT molecular complexity index is 1140. The van der Waals surface area contributed by atoms with Gasteiger partial charge in [-0.2, -0.15) is 4.98 Å². The molecule has 9 heteroatoms. The number of aryl methyl sites for hydroxylation is 1. The quantitative estimate of drug-likeness (QED) is 0.442. The van der Waals surface area contributed by atoms with Crippen LogP contribution >= 0.6 is 15.9 Å². The van der Waals surface area contributed by atoms with Gasteiger partial charge in [0.05, 0.1) is 18.1 Å². The van der Waals surface area contributed by atoms with E-state index in [0.717, 1.165) is 49.3 Å². The van der Waals surface area contributed by atoms with Crippen molar-refractivity contribution >= 4 is 31.7 Å². The molecule has 170 valence electrons. The summed E-state index contributed by atoms with van der Waals surface area (Å²) >= 11 is 3.41. The minimum atomic E-state index is -3.84. The number of hydrogen-bond acceptors (Lipinski definition) is 7. The topological polar surface area (TPSA) is 84.7 Å². The van der Waals surface area contributed by atoms with E-state index in [2.05, 4.69) is 31.1 Å². The minimum Gasteiger partial charge on any atom is -0.419 e. The molecule has 1 aliphatic rings. The molecule has 0 radical (unpaired) electrons. The number of oxazole rings is 1. The number of sulfone groups is 1. The molecule has 1 fully saturated rings. The number of anilines is 1. The normalized spacial score (nSPS) is 15.1. The molecule has 0 spiro atoms. The molecule has 3 aromatic rings. The maximum atomic E-state index is 13.4. The second-order valence-corrected chi connectivity index (χ2v) is 10.5. The lowest BCUT2D eigenvalue weighted by Gasteiger charge is -2.26. The highest BCUT2D eigenvalue weighted by Crippen LogP contribution is 2.33. The lowest BCUT2D eigenvalue weighted by Crippen LogP contribution is -2.37. The first kappa shape index (κ1) is 23.0. The fraction of sp³-hybridized carbons (Fsp3) is 0.348. The molecule has 0 atom stereocenters. The summed E-state index contributed by atoms with van der Waals surface area (Å²) in [5.74, 6) is 0.435. The minimum absolute atomic E-state index is 0.0920. The molecule has 0 aliphatic carbocycles. The molecule has 0 saturated carbocycles. The van der Waals surface area contributed by atoms with Gasteiger partial charge in [-0.1, -0.05) is 33.6 Å². The zero-order valence-corrected chi connectivity index (χ0v) is 20.3. The summed E-state index contributed by atoms with van der Waals surface area (Å²) in [5, 5.41) is 3.07. The summed E-state index contributed by atoms with van der Waals surface area (Å²) < 4.78 is 38.9. The smallest absolute Gasteiger partial charge is 0.233 e. The number of aromatic nitrogens is 1. The van der Waals surface area contributed by atoms with Crippen molar-refractivity contribution < 1.29 is 17.6 Å². The molecule has 4 rings (SSSR count). The monoisotopic (exact) mass is 519 g/mol. The van der Waals surface area contributed by atoms with Gasteiger partial charge in [-0.05, 0) is 56.3 Å². The van der Waals surface area contributed by atoms with Gasteiger partial charge >= 0.3 is 0 Å². The van der Waals surface area contributed by atoms with Crippen LogP contribution in [0.4, 0.5) is 5.88 Å². The van der Waals surface area contributed by atoms with Crippen molar-refractivity contribution in [2.75, 3.05) is 44.7 Å². The lowest BCUT2D eigenvalue weighted by atomic mass is 10.2. The lowest BCUT2D eigenvalue weighted by molar-refractivity contribution is 0.0378. The van der Waals surface area contributed by atoms with Gasteiger partial charge in [0.15, 0.2) is 0 Å². The van der Waals surface area contributed by atoms with Crippen LogP contribution in [0, 0.1) is 6.92 Å². The van der Waals surface area contributed by atoms with E-state index in [1.807, 2.05) is 31.2 Å². The SMILES string of the molecule is Cc1ccc(S(=O)(=O)c2nc(-c3ccc(Br)cc3)oc2NCCCN2CCOCC2)cc1. The molecule has 1 saturated heterocycles. The zero-order valence-electron chi connectivity index (χ0n) is 17.9.